The Kier molecular flexibility index (Phi) is 7.17. The largest absolute Gasteiger partial charge is 0.540 e. The molecule has 1 aliphatic rings. The van der Waals surface area contributed by atoms with E-state index in [0.29, 0.717) is 5.92 Å². The first-order valence-corrected chi connectivity index (χ1v) is 8.70. The second-order valence-corrected chi connectivity index (χ2v) is 8.29. The van der Waals surface area contributed by atoms with Crippen LogP contribution in [0.2, 0.25) is 0 Å². The maximum Gasteiger partial charge on any atom is 0.540 e. The van der Waals surface area contributed by atoms with Gasteiger partial charge in [-0.15, -0.1) is 0 Å². The molecule has 0 N–H and O–H groups in total. The van der Waals surface area contributed by atoms with Gasteiger partial charge >= 0.3 is 6.16 Å². The fourth-order valence-corrected chi connectivity index (χ4v) is 3.49. The van der Waals surface area contributed by atoms with Gasteiger partial charge in [0.05, 0.1) is 0 Å². The molecule has 1 aliphatic carbocycles. The van der Waals surface area contributed by atoms with Gasteiger partial charge in [-0.05, 0) is 50.9 Å². The number of rotatable bonds is 7. The molecule has 1 rings (SSSR count). The summed E-state index contributed by atoms with van der Waals surface area (Å²) >= 11 is 0. The van der Waals surface area contributed by atoms with Crippen molar-refractivity contribution in [2.24, 2.45) is 11.3 Å². The van der Waals surface area contributed by atoms with Crippen LogP contribution >= 0.6 is 0 Å². The van der Waals surface area contributed by atoms with Gasteiger partial charge in [0.1, 0.15) is 11.7 Å². The second-order valence-electron chi connectivity index (χ2n) is 8.29. The van der Waals surface area contributed by atoms with E-state index in [0.717, 1.165) is 38.5 Å². The highest BCUT2D eigenvalue weighted by Gasteiger charge is 2.34. The normalized spacial score (nSPS) is 24.8. The van der Waals surface area contributed by atoms with Gasteiger partial charge in [0.15, 0.2) is 0 Å². The van der Waals surface area contributed by atoms with Crippen LogP contribution in [-0.2, 0) is 14.5 Å². The van der Waals surface area contributed by atoms with Crippen molar-refractivity contribution in [1.82, 2.24) is 0 Å². The highest BCUT2D eigenvalue weighted by molar-refractivity contribution is 5.59. The van der Waals surface area contributed by atoms with E-state index in [2.05, 4.69) is 27.7 Å². The number of hydrogen-bond acceptors (Lipinski definition) is 4. The summed E-state index contributed by atoms with van der Waals surface area (Å²) in [5.74, 6) is 0.563. The number of unbranched alkanes of at least 4 members (excludes halogenated alkanes) is 2. The van der Waals surface area contributed by atoms with E-state index in [-0.39, 0.29) is 11.5 Å². The minimum Gasteiger partial charge on any atom is -0.429 e. The lowest BCUT2D eigenvalue weighted by atomic mass is 9.71. The van der Waals surface area contributed by atoms with Crippen LogP contribution in [0.4, 0.5) is 4.79 Å². The minimum atomic E-state index is -0.710. The molecule has 2 unspecified atom stereocenters. The van der Waals surface area contributed by atoms with E-state index in [4.69, 9.17) is 14.5 Å². The van der Waals surface area contributed by atoms with Gasteiger partial charge in [-0.2, -0.15) is 4.89 Å². The van der Waals surface area contributed by atoms with Crippen LogP contribution in [0.15, 0.2) is 0 Å². The quantitative estimate of drug-likeness (QED) is 0.264. The Bertz CT molecular complexity index is 349. The maximum atomic E-state index is 11.8. The fourth-order valence-electron chi connectivity index (χ4n) is 3.49. The lowest BCUT2D eigenvalue weighted by Gasteiger charge is -2.38. The van der Waals surface area contributed by atoms with Crippen LogP contribution in [0.3, 0.4) is 0 Å². The molecule has 4 heteroatoms. The highest BCUT2D eigenvalue weighted by atomic mass is 17.2. The molecule has 0 radical (unpaired) electrons. The summed E-state index contributed by atoms with van der Waals surface area (Å²) in [6.07, 6.45) is 6.42. The molecule has 0 amide bonds. The number of carbonyl (C=O) groups is 1. The topological polar surface area (TPSA) is 44.8 Å². The summed E-state index contributed by atoms with van der Waals surface area (Å²) in [6, 6.07) is 0. The Morgan fingerprint density at radius 3 is 2.50 bits per heavy atom. The number of ether oxygens (including phenoxy) is 1. The molecule has 0 bridgehead atoms. The molecule has 1 saturated carbocycles. The molecule has 1 fully saturated rings. The Morgan fingerprint density at radius 2 is 1.91 bits per heavy atom. The molecule has 0 aliphatic heterocycles. The SMILES string of the molecule is CCCCCC(C)(C)OOC(=O)OC1CC(C)CC(C)(C)C1. The zero-order valence-corrected chi connectivity index (χ0v) is 15.2. The third-order valence-corrected chi connectivity index (χ3v) is 4.33. The molecule has 0 aromatic rings. The summed E-state index contributed by atoms with van der Waals surface area (Å²) in [4.78, 5) is 22.0. The Balaban J connectivity index is 2.33. The molecule has 130 valence electrons. The van der Waals surface area contributed by atoms with Gasteiger partial charge in [-0.25, -0.2) is 4.79 Å². The summed E-state index contributed by atoms with van der Waals surface area (Å²) in [5, 5.41) is 0. The minimum absolute atomic E-state index is 0.0712. The summed E-state index contributed by atoms with van der Waals surface area (Å²) in [6.45, 7) is 12.7. The fraction of sp³-hybridized carbons (Fsp3) is 0.944. The molecule has 0 saturated heterocycles. The van der Waals surface area contributed by atoms with Crippen molar-refractivity contribution in [3.63, 3.8) is 0 Å². The maximum absolute atomic E-state index is 11.8. The summed E-state index contributed by atoms with van der Waals surface area (Å²) < 4.78 is 5.43. The lowest BCUT2D eigenvalue weighted by Crippen LogP contribution is -2.35. The zero-order chi connectivity index (χ0) is 16.8. The molecule has 0 spiro atoms. The Labute approximate surface area is 135 Å². The van der Waals surface area contributed by atoms with E-state index in [1.807, 2.05) is 13.8 Å². The third kappa shape index (κ3) is 7.48. The van der Waals surface area contributed by atoms with Crippen LogP contribution in [-0.4, -0.2) is 17.9 Å². The van der Waals surface area contributed by atoms with Gasteiger partial charge < -0.3 is 4.74 Å². The molecule has 2 atom stereocenters. The van der Waals surface area contributed by atoms with Crippen LogP contribution < -0.4 is 0 Å². The Morgan fingerprint density at radius 1 is 1.23 bits per heavy atom. The monoisotopic (exact) mass is 314 g/mol. The predicted molar refractivity (Wildman–Crippen MR) is 87.5 cm³/mol. The molecular formula is C18H34O4. The Hall–Kier alpha value is -0.770. The summed E-state index contributed by atoms with van der Waals surface area (Å²) in [5.41, 5.74) is -0.254. The lowest BCUT2D eigenvalue weighted by molar-refractivity contribution is -0.321. The van der Waals surface area contributed by atoms with Gasteiger partial charge in [0.25, 0.3) is 0 Å². The van der Waals surface area contributed by atoms with Gasteiger partial charge in [-0.1, -0.05) is 47.0 Å². The number of carbonyl (C=O) groups excluding carboxylic acids is 1. The predicted octanol–water partition coefficient (Wildman–Crippen LogP) is 5.64. The molecule has 0 aromatic heterocycles. The zero-order valence-electron chi connectivity index (χ0n) is 15.2. The van der Waals surface area contributed by atoms with E-state index >= 15 is 0 Å². The van der Waals surface area contributed by atoms with E-state index < -0.39 is 11.8 Å². The average molecular weight is 314 g/mol. The molecule has 22 heavy (non-hydrogen) atoms. The smallest absolute Gasteiger partial charge is 0.429 e. The van der Waals surface area contributed by atoms with Gasteiger partial charge in [-0.3, -0.25) is 4.89 Å². The van der Waals surface area contributed by atoms with Crippen LogP contribution in [0, 0.1) is 11.3 Å². The third-order valence-electron chi connectivity index (χ3n) is 4.33. The first-order chi connectivity index (χ1) is 10.1. The molecule has 0 aromatic carbocycles. The van der Waals surface area contributed by atoms with Gasteiger partial charge in [0.2, 0.25) is 0 Å². The highest BCUT2D eigenvalue weighted by Crippen LogP contribution is 2.39. The van der Waals surface area contributed by atoms with Crippen LogP contribution in [0.5, 0.6) is 0 Å². The van der Waals surface area contributed by atoms with Crippen molar-refractivity contribution in [2.45, 2.75) is 98.2 Å². The molecule has 4 nitrogen and oxygen atoms in total. The number of hydrogen-bond donors (Lipinski definition) is 0. The van der Waals surface area contributed by atoms with E-state index in [1.54, 1.807) is 0 Å². The molecular weight excluding hydrogens is 280 g/mol. The van der Waals surface area contributed by atoms with Crippen molar-refractivity contribution in [2.75, 3.05) is 0 Å². The standard InChI is InChI=1S/C18H34O4/c1-7-8-9-10-18(5,6)22-21-16(19)20-15-11-14(2)12-17(3,4)13-15/h14-15H,7-13H2,1-6H3. The molecule has 0 heterocycles. The van der Waals surface area contributed by atoms with E-state index in [9.17, 15) is 4.79 Å². The van der Waals surface area contributed by atoms with Crippen molar-refractivity contribution in [3.05, 3.63) is 0 Å². The van der Waals surface area contributed by atoms with Crippen molar-refractivity contribution < 1.29 is 19.3 Å². The van der Waals surface area contributed by atoms with Crippen molar-refractivity contribution in [3.8, 4) is 0 Å². The van der Waals surface area contributed by atoms with E-state index in [1.165, 1.54) is 6.42 Å². The van der Waals surface area contributed by atoms with Crippen molar-refractivity contribution >= 4 is 6.16 Å². The first kappa shape index (κ1) is 19.3. The first-order valence-electron chi connectivity index (χ1n) is 8.70. The van der Waals surface area contributed by atoms with Crippen LogP contribution in [0.25, 0.3) is 0 Å². The van der Waals surface area contributed by atoms with Crippen LogP contribution in [0.1, 0.15) is 86.5 Å². The van der Waals surface area contributed by atoms with Crippen molar-refractivity contribution in [1.29, 1.82) is 0 Å². The summed E-state index contributed by atoms with van der Waals surface area (Å²) in [7, 11) is 0. The van der Waals surface area contributed by atoms with Gasteiger partial charge in [0, 0.05) is 0 Å². The average Bonchev–Trinajstić information content (AvgIpc) is 2.34. The second kappa shape index (κ2) is 8.19.